The summed E-state index contributed by atoms with van der Waals surface area (Å²) in [5, 5.41) is 15.4. The molecule has 2 N–H and O–H groups in total. The minimum atomic E-state index is -0.216. The zero-order valence-corrected chi connectivity index (χ0v) is 17.2. The molecular weight excluding hydrogens is 440 g/mol. The predicted octanol–water partition coefficient (Wildman–Crippen LogP) is 5.21. The number of nitrogens with zero attached hydrogens (tertiary/aromatic N) is 1. The molecule has 1 fully saturated rings. The van der Waals surface area contributed by atoms with Gasteiger partial charge in [0.1, 0.15) is 0 Å². The van der Waals surface area contributed by atoms with Crippen LogP contribution in [0.1, 0.15) is 5.56 Å². The quantitative estimate of drug-likeness (QED) is 0.532. The number of ether oxygens (including phenoxy) is 1. The van der Waals surface area contributed by atoms with E-state index < -0.39 is 0 Å². The number of halogens is 1. The number of carbonyl (C=O) groups excluding carboxylic acids is 1. The number of thioether (sulfide) groups is 1. The van der Waals surface area contributed by atoms with Gasteiger partial charge in [-0.05, 0) is 62.9 Å². The Bertz CT molecular complexity index is 1150. The van der Waals surface area contributed by atoms with Crippen LogP contribution in [0.15, 0.2) is 69.0 Å². The summed E-state index contributed by atoms with van der Waals surface area (Å²) >= 11 is 4.56. The van der Waals surface area contributed by atoms with Gasteiger partial charge in [-0.1, -0.05) is 36.4 Å². The van der Waals surface area contributed by atoms with Crippen molar-refractivity contribution in [3.05, 3.63) is 69.5 Å². The molecule has 4 rings (SSSR count). The summed E-state index contributed by atoms with van der Waals surface area (Å²) in [6, 6.07) is 17.3. The topological polar surface area (TPSA) is 70.9 Å². The molecule has 1 saturated heterocycles. The van der Waals surface area contributed by atoms with Crippen LogP contribution in [-0.4, -0.2) is 23.3 Å². The third-order valence-electron chi connectivity index (χ3n) is 4.21. The Kier molecular flexibility index (Phi) is 5.11. The molecule has 5 nitrogen and oxygen atoms in total. The van der Waals surface area contributed by atoms with E-state index in [4.69, 9.17) is 4.74 Å². The van der Waals surface area contributed by atoms with Gasteiger partial charge in [0.25, 0.3) is 5.91 Å². The van der Waals surface area contributed by atoms with Gasteiger partial charge in [-0.2, -0.15) is 0 Å². The number of fused-ring (bicyclic) bond motifs is 1. The summed E-state index contributed by atoms with van der Waals surface area (Å²) in [7, 11) is 1.48. The fourth-order valence-corrected chi connectivity index (χ4v) is 4.17. The second-order valence-corrected chi connectivity index (χ2v) is 7.92. The summed E-state index contributed by atoms with van der Waals surface area (Å²) < 4.78 is 5.65. The third kappa shape index (κ3) is 3.63. The molecule has 0 aliphatic carbocycles. The molecule has 28 heavy (non-hydrogen) atoms. The number of aromatic hydroxyl groups is 1. The van der Waals surface area contributed by atoms with E-state index >= 15 is 0 Å². The van der Waals surface area contributed by atoms with Gasteiger partial charge in [-0.25, -0.2) is 4.99 Å². The van der Waals surface area contributed by atoms with Crippen molar-refractivity contribution >= 4 is 61.3 Å². The van der Waals surface area contributed by atoms with Crippen LogP contribution in [0.25, 0.3) is 16.8 Å². The Morgan fingerprint density at radius 2 is 1.96 bits per heavy atom. The van der Waals surface area contributed by atoms with Crippen LogP contribution in [0.4, 0.5) is 5.69 Å². The number of amides is 1. The van der Waals surface area contributed by atoms with Crippen molar-refractivity contribution in [2.45, 2.75) is 0 Å². The number of hydrogen-bond acceptors (Lipinski definition) is 5. The lowest BCUT2D eigenvalue weighted by atomic mass is 10.1. The van der Waals surface area contributed by atoms with Crippen LogP contribution in [0.2, 0.25) is 0 Å². The Morgan fingerprint density at radius 3 is 2.79 bits per heavy atom. The van der Waals surface area contributed by atoms with Gasteiger partial charge in [-0.15, -0.1) is 0 Å². The predicted molar refractivity (Wildman–Crippen MR) is 117 cm³/mol. The van der Waals surface area contributed by atoms with E-state index in [0.717, 1.165) is 22.0 Å². The molecule has 0 radical (unpaired) electrons. The number of phenols is 1. The van der Waals surface area contributed by atoms with Crippen LogP contribution in [-0.2, 0) is 4.79 Å². The number of rotatable bonds is 3. The molecule has 7 heteroatoms. The monoisotopic (exact) mass is 454 g/mol. The molecule has 0 atom stereocenters. The summed E-state index contributed by atoms with van der Waals surface area (Å²) in [6.07, 6.45) is 1.73. The van der Waals surface area contributed by atoms with Crippen molar-refractivity contribution in [2.75, 3.05) is 7.11 Å². The van der Waals surface area contributed by atoms with E-state index in [1.54, 1.807) is 18.2 Å². The number of hydrogen-bond donors (Lipinski definition) is 2. The zero-order valence-electron chi connectivity index (χ0n) is 14.8. The Labute approximate surface area is 174 Å². The van der Waals surface area contributed by atoms with E-state index in [1.807, 2.05) is 42.5 Å². The third-order valence-corrected chi connectivity index (χ3v) is 5.72. The summed E-state index contributed by atoms with van der Waals surface area (Å²) in [4.78, 5) is 17.5. The maximum Gasteiger partial charge on any atom is 0.264 e. The Morgan fingerprint density at radius 1 is 1.18 bits per heavy atom. The van der Waals surface area contributed by atoms with Crippen molar-refractivity contribution in [1.82, 2.24) is 5.32 Å². The lowest BCUT2D eigenvalue weighted by molar-refractivity contribution is -0.115. The van der Waals surface area contributed by atoms with Crippen LogP contribution in [0.3, 0.4) is 0 Å². The normalized spacial score (nSPS) is 16.7. The smallest absolute Gasteiger partial charge is 0.264 e. The second kappa shape index (κ2) is 7.69. The van der Waals surface area contributed by atoms with Gasteiger partial charge in [0.05, 0.1) is 22.2 Å². The van der Waals surface area contributed by atoms with Crippen molar-refractivity contribution in [1.29, 1.82) is 0 Å². The minimum absolute atomic E-state index is 0.0198. The molecule has 0 aromatic heterocycles. The maximum atomic E-state index is 12.4. The first-order chi connectivity index (χ1) is 13.5. The van der Waals surface area contributed by atoms with Gasteiger partial charge >= 0.3 is 0 Å². The molecule has 1 amide bonds. The molecule has 0 unspecified atom stereocenters. The van der Waals surface area contributed by atoms with E-state index in [-0.39, 0.29) is 11.7 Å². The number of methoxy groups -OCH3 is 1. The highest BCUT2D eigenvalue weighted by molar-refractivity contribution is 9.10. The molecule has 1 heterocycles. The van der Waals surface area contributed by atoms with Gasteiger partial charge in [0.2, 0.25) is 0 Å². The van der Waals surface area contributed by atoms with Crippen molar-refractivity contribution in [2.24, 2.45) is 4.99 Å². The lowest BCUT2D eigenvalue weighted by Gasteiger charge is -2.06. The zero-order chi connectivity index (χ0) is 19.7. The van der Waals surface area contributed by atoms with Gasteiger partial charge in [0.15, 0.2) is 16.7 Å². The first-order valence-corrected chi connectivity index (χ1v) is 10.00. The van der Waals surface area contributed by atoms with Gasteiger partial charge in [-0.3, -0.25) is 4.79 Å². The number of benzene rings is 3. The molecule has 1 aliphatic rings. The lowest BCUT2D eigenvalue weighted by Crippen LogP contribution is -2.19. The summed E-state index contributed by atoms with van der Waals surface area (Å²) in [6.45, 7) is 0. The van der Waals surface area contributed by atoms with Crippen molar-refractivity contribution in [3.8, 4) is 11.5 Å². The molecule has 0 bridgehead atoms. The highest BCUT2D eigenvalue weighted by Crippen LogP contribution is 2.37. The largest absolute Gasteiger partial charge is 0.503 e. The van der Waals surface area contributed by atoms with Gasteiger partial charge in [0, 0.05) is 5.39 Å². The second-order valence-electron chi connectivity index (χ2n) is 6.03. The average Bonchev–Trinajstić information content (AvgIpc) is 3.03. The SMILES string of the molecule is COc1cc(C=C2SC(=Nc3cccc4ccccc34)NC2=O)cc(Br)c1O. The summed E-state index contributed by atoms with van der Waals surface area (Å²) in [5.74, 6) is 0.132. The van der Waals surface area contributed by atoms with Crippen LogP contribution in [0.5, 0.6) is 11.5 Å². The van der Waals surface area contributed by atoms with Crippen LogP contribution >= 0.6 is 27.7 Å². The van der Waals surface area contributed by atoms with Crippen LogP contribution in [0, 0.1) is 0 Å². The number of aliphatic imine (C=N–C) groups is 1. The van der Waals surface area contributed by atoms with E-state index in [2.05, 4.69) is 26.2 Å². The molecule has 0 spiro atoms. The molecule has 3 aromatic carbocycles. The minimum Gasteiger partial charge on any atom is -0.503 e. The molecular formula is C21H15BrN2O3S. The van der Waals surface area contributed by atoms with Crippen molar-refractivity contribution < 1.29 is 14.6 Å². The highest BCUT2D eigenvalue weighted by Gasteiger charge is 2.24. The Balaban J connectivity index is 1.67. The van der Waals surface area contributed by atoms with E-state index in [0.29, 0.717) is 20.3 Å². The standard InChI is InChI=1S/C21H15BrN2O3S/c1-27-17-10-12(9-15(22)19(17)25)11-18-20(26)24-21(28-18)23-16-8-4-6-13-5-2-3-7-14(13)16/h2-11,25H,1H3,(H,23,24,26). The fourth-order valence-electron chi connectivity index (χ4n) is 2.88. The number of nitrogens with one attached hydrogen (secondary N) is 1. The van der Waals surface area contributed by atoms with E-state index in [9.17, 15) is 9.90 Å². The molecule has 140 valence electrons. The van der Waals surface area contributed by atoms with E-state index in [1.165, 1.54) is 18.9 Å². The number of amidine groups is 1. The summed E-state index contributed by atoms with van der Waals surface area (Å²) in [5.41, 5.74) is 1.53. The highest BCUT2D eigenvalue weighted by atomic mass is 79.9. The fraction of sp³-hybridized carbons (Fsp3) is 0.0476. The molecule has 1 aliphatic heterocycles. The average molecular weight is 455 g/mol. The molecule has 0 saturated carbocycles. The first-order valence-electron chi connectivity index (χ1n) is 8.39. The maximum absolute atomic E-state index is 12.4. The number of phenolic OH excluding ortho intramolecular Hbond substituents is 1. The molecule has 3 aromatic rings. The van der Waals surface area contributed by atoms with Crippen LogP contribution < -0.4 is 10.1 Å². The first kappa shape index (κ1) is 18.6. The number of carbonyl (C=O) groups is 1. The van der Waals surface area contributed by atoms with Gasteiger partial charge < -0.3 is 15.2 Å². The van der Waals surface area contributed by atoms with Crippen molar-refractivity contribution in [3.63, 3.8) is 0 Å². The Hall–Kier alpha value is -2.77.